The highest BCUT2D eigenvalue weighted by molar-refractivity contribution is 5.95. The molecule has 6 rings (SSSR count). The summed E-state index contributed by atoms with van der Waals surface area (Å²) in [6.07, 6.45) is 11.3. The average Bonchev–Trinajstić information content (AvgIpc) is 3.69. The number of hydrogen-bond donors (Lipinski definition) is 7. The normalized spacial score (nSPS) is 14.1. The minimum atomic E-state index is -0.328. The zero-order chi connectivity index (χ0) is 38.9. The van der Waals surface area contributed by atoms with Crippen molar-refractivity contribution in [1.82, 2.24) is 20.2 Å². The van der Waals surface area contributed by atoms with Gasteiger partial charge in [-0.2, -0.15) is 5.26 Å². The SMILES string of the molecule is C=C(/C=C/C(=C)Nc1ccc(NC(=C)Nc2ccc3c(C#N)c[nH]c3c2)cc1)NCCCCCCNc1cccc2c(=C)n(C3CCC(=C)NC3=O)c(=C)c12. The highest BCUT2D eigenvalue weighted by atomic mass is 16.2. The van der Waals surface area contributed by atoms with Gasteiger partial charge < -0.3 is 41.5 Å². The van der Waals surface area contributed by atoms with Crippen molar-refractivity contribution >= 4 is 63.5 Å². The second-order valence-corrected chi connectivity index (χ2v) is 13.8. The molecule has 1 aliphatic rings. The molecule has 1 saturated heterocycles. The van der Waals surface area contributed by atoms with E-state index in [2.05, 4.69) is 88.5 Å². The lowest BCUT2D eigenvalue weighted by molar-refractivity contribution is -0.124. The van der Waals surface area contributed by atoms with Crippen molar-refractivity contribution in [1.29, 1.82) is 5.26 Å². The van der Waals surface area contributed by atoms with Gasteiger partial charge in [0, 0.05) is 91.5 Å². The predicted octanol–water partition coefficient (Wildman–Crippen LogP) is 8.03. The van der Waals surface area contributed by atoms with Crippen molar-refractivity contribution in [2.75, 3.05) is 34.4 Å². The molecule has 0 saturated carbocycles. The molecule has 1 aliphatic heterocycles. The topological polar surface area (TPSA) is 134 Å². The molecule has 3 aromatic carbocycles. The third kappa shape index (κ3) is 9.21. The fourth-order valence-corrected chi connectivity index (χ4v) is 6.92. The second kappa shape index (κ2) is 17.3. The van der Waals surface area contributed by atoms with Crippen LogP contribution in [0.2, 0.25) is 0 Å². The van der Waals surface area contributed by atoms with E-state index in [1.807, 2.05) is 71.3 Å². The van der Waals surface area contributed by atoms with E-state index in [-0.39, 0.29) is 11.9 Å². The number of hydrogen-bond acceptors (Lipinski definition) is 7. The molecule has 0 radical (unpaired) electrons. The quantitative estimate of drug-likeness (QED) is 0.0359. The van der Waals surface area contributed by atoms with Crippen LogP contribution >= 0.6 is 0 Å². The van der Waals surface area contributed by atoms with E-state index >= 15 is 0 Å². The molecule has 5 aromatic rings. The zero-order valence-corrected chi connectivity index (χ0v) is 31.3. The first-order valence-corrected chi connectivity index (χ1v) is 18.6. The first-order valence-electron chi connectivity index (χ1n) is 18.6. The lowest BCUT2D eigenvalue weighted by Crippen LogP contribution is -2.42. The smallest absolute Gasteiger partial charge is 0.247 e. The fraction of sp³-hybridized carbons (Fsp3) is 0.200. The number of amides is 1. The van der Waals surface area contributed by atoms with Gasteiger partial charge in [0.05, 0.1) is 5.56 Å². The summed E-state index contributed by atoms with van der Waals surface area (Å²) in [7, 11) is 0. The summed E-state index contributed by atoms with van der Waals surface area (Å²) in [6, 6.07) is 21.6. The van der Waals surface area contributed by atoms with Crippen LogP contribution in [0.25, 0.3) is 34.8 Å². The second-order valence-electron chi connectivity index (χ2n) is 13.8. The molecule has 3 heterocycles. The van der Waals surface area contributed by atoms with E-state index in [0.29, 0.717) is 17.8 Å². The Morgan fingerprint density at radius 2 is 1.53 bits per heavy atom. The summed E-state index contributed by atoms with van der Waals surface area (Å²) in [5, 5.41) is 33.5. The number of H-pyrrole nitrogens is 1. The van der Waals surface area contributed by atoms with Crippen LogP contribution in [0.1, 0.15) is 50.1 Å². The number of unbranched alkanes of at least 4 members (excludes halogenated alkanes) is 3. The van der Waals surface area contributed by atoms with Gasteiger partial charge in [-0.05, 0) is 86.4 Å². The lowest BCUT2D eigenvalue weighted by Gasteiger charge is -2.25. The van der Waals surface area contributed by atoms with E-state index in [0.717, 1.165) is 117 Å². The average molecular weight is 732 g/mol. The molecule has 0 aliphatic carbocycles. The number of rotatable bonds is 18. The number of nitrogens with one attached hydrogen (secondary N) is 7. The third-order valence-corrected chi connectivity index (χ3v) is 9.72. The molecular weight excluding hydrogens is 683 g/mol. The molecule has 280 valence electrons. The third-order valence-electron chi connectivity index (χ3n) is 9.72. The van der Waals surface area contributed by atoms with Crippen LogP contribution in [0.3, 0.4) is 0 Å². The van der Waals surface area contributed by atoms with Gasteiger partial charge in [-0.25, -0.2) is 0 Å². The Labute approximate surface area is 322 Å². The maximum atomic E-state index is 12.7. The number of carbonyl (C=O) groups excluding carboxylic acids is 1. The Morgan fingerprint density at radius 3 is 2.27 bits per heavy atom. The first kappa shape index (κ1) is 37.9. The predicted molar refractivity (Wildman–Crippen MR) is 230 cm³/mol. The number of benzene rings is 3. The fourth-order valence-electron chi connectivity index (χ4n) is 6.92. The van der Waals surface area contributed by atoms with Crippen LogP contribution in [-0.4, -0.2) is 28.5 Å². The van der Waals surface area contributed by atoms with E-state index in [9.17, 15) is 10.1 Å². The van der Waals surface area contributed by atoms with Crippen molar-refractivity contribution in [2.45, 2.75) is 44.6 Å². The molecule has 1 fully saturated rings. The highest BCUT2D eigenvalue weighted by Crippen LogP contribution is 2.25. The van der Waals surface area contributed by atoms with Crippen molar-refractivity contribution in [2.24, 2.45) is 0 Å². The maximum absolute atomic E-state index is 12.7. The van der Waals surface area contributed by atoms with Gasteiger partial charge in [0.1, 0.15) is 17.9 Å². The van der Waals surface area contributed by atoms with E-state index < -0.39 is 0 Å². The highest BCUT2D eigenvalue weighted by Gasteiger charge is 2.27. The minimum absolute atomic E-state index is 0.0526. The Bertz CT molecular complexity index is 2440. The van der Waals surface area contributed by atoms with Gasteiger partial charge in [-0.3, -0.25) is 4.79 Å². The number of aromatic nitrogens is 2. The number of nitrogens with zero attached hydrogens (tertiary/aromatic N) is 2. The van der Waals surface area contributed by atoms with Gasteiger partial charge in [-0.15, -0.1) is 0 Å². The van der Waals surface area contributed by atoms with Crippen LogP contribution in [-0.2, 0) is 4.79 Å². The summed E-state index contributed by atoms with van der Waals surface area (Å²) >= 11 is 0. The number of aromatic amines is 1. The first-order chi connectivity index (χ1) is 26.6. The van der Waals surface area contributed by atoms with Gasteiger partial charge in [0.15, 0.2) is 0 Å². The lowest BCUT2D eigenvalue weighted by atomic mass is 10.0. The van der Waals surface area contributed by atoms with Crippen molar-refractivity contribution < 1.29 is 4.79 Å². The number of anilines is 4. The number of allylic oxidation sites excluding steroid dienone is 3. The van der Waals surface area contributed by atoms with Crippen molar-refractivity contribution in [3.8, 4) is 6.07 Å². The molecule has 7 N–H and O–H groups in total. The summed E-state index contributed by atoms with van der Waals surface area (Å²) < 4.78 is 1.98. The molecule has 2 aromatic heterocycles. The Hall–Kier alpha value is -6.86. The largest absolute Gasteiger partial charge is 0.386 e. The summed E-state index contributed by atoms with van der Waals surface area (Å²) in [4.78, 5) is 15.9. The van der Waals surface area contributed by atoms with E-state index in [4.69, 9.17) is 0 Å². The molecule has 10 heteroatoms. The van der Waals surface area contributed by atoms with Gasteiger partial charge >= 0.3 is 0 Å². The molecular formula is C45H49N9O. The number of fused-ring (bicyclic) bond motifs is 2. The van der Waals surface area contributed by atoms with Gasteiger partial charge in [0.25, 0.3) is 0 Å². The van der Waals surface area contributed by atoms with Crippen LogP contribution in [0.15, 0.2) is 128 Å². The molecule has 10 nitrogen and oxygen atoms in total. The zero-order valence-electron chi connectivity index (χ0n) is 31.3. The molecule has 1 unspecified atom stereocenters. The molecule has 1 atom stereocenters. The van der Waals surface area contributed by atoms with Crippen LogP contribution in [0, 0.1) is 11.3 Å². The standard InChI is InChI=1S/C45H49N9O/c1-29(14-15-30(2)50-36-17-19-37(20-18-36)52-34(6)53-38-21-22-40-35(27-46)28-49-42(40)26-38)47-24-9-7-8-10-25-48-41-13-11-12-39-32(4)54(33(5)44(39)41)43-23-16-31(3)51-45(43)55/h11-15,17-22,26,28,43,47-50,52-53H,1-10,16,23-25H2,(H,51,55)/b15-14+. The summed E-state index contributed by atoms with van der Waals surface area (Å²) in [5.41, 5.74) is 7.53. The van der Waals surface area contributed by atoms with Crippen molar-refractivity contribution in [3.05, 3.63) is 145 Å². The minimum Gasteiger partial charge on any atom is -0.386 e. The van der Waals surface area contributed by atoms with Crippen LogP contribution in [0.5, 0.6) is 0 Å². The molecule has 0 bridgehead atoms. The Morgan fingerprint density at radius 1 is 0.836 bits per heavy atom. The van der Waals surface area contributed by atoms with E-state index in [1.165, 1.54) is 0 Å². The summed E-state index contributed by atoms with van der Waals surface area (Å²) in [5.74, 6) is 0.573. The van der Waals surface area contributed by atoms with Crippen LogP contribution in [0.4, 0.5) is 22.7 Å². The number of carbonyl (C=O) groups is 1. The number of nitriles is 1. The molecule has 1 amide bonds. The maximum Gasteiger partial charge on any atom is 0.247 e. The van der Waals surface area contributed by atoms with Gasteiger partial charge in [0.2, 0.25) is 5.91 Å². The van der Waals surface area contributed by atoms with Gasteiger partial charge in [-0.1, -0.05) is 64.4 Å². The Kier molecular flexibility index (Phi) is 11.9. The molecule has 0 spiro atoms. The monoisotopic (exact) mass is 731 g/mol. The Balaban J connectivity index is 0.861. The number of piperidine rings is 1. The van der Waals surface area contributed by atoms with Crippen LogP contribution < -0.4 is 42.6 Å². The molecule has 55 heavy (non-hydrogen) atoms. The van der Waals surface area contributed by atoms with Crippen molar-refractivity contribution in [3.63, 3.8) is 0 Å². The summed E-state index contributed by atoms with van der Waals surface area (Å²) in [6.45, 7) is 26.6. The van der Waals surface area contributed by atoms with E-state index in [1.54, 1.807) is 6.20 Å².